The van der Waals surface area contributed by atoms with Crippen molar-refractivity contribution in [1.82, 2.24) is 9.97 Å². The Bertz CT molecular complexity index is 493. The highest BCUT2D eigenvalue weighted by atomic mass is 15.1. The molecule has 1 aromatic carbocycles. The van der Waals surface area contributed by atoms with E-state index in [0.29, 0.717) is 5.82 Å². The molecule has 0 saturated carbocycles. The van der Waals surface area contributed by atoms with Gasteiger partial charge in [-0.25, -0.2) is 4.98 Å². The van der Waals surface area contributed by atoms with Crippen molar-refractivity contribution in [2.45, 2.75) is 0 Å². The van der Waals surface area contributed by atoms with E-state index in [1.165, 1.54) is 0 Å². The van der Waals surface area contributed by atoms with E-state index in [9.17, 15) is 0 Å². The molecule has 0 bridgehead atoms. The van der Waals surface area contributed by atoms with Gasteiger partial charge in [-0.3, -0.25) is 0 Å². The van der Waals surface area contributed by atoms with Gasteiger partial charge in [-0.2, -0.15) is 4.98 Å². The highest BCUT2D eigenvalue weighted by Crippen LogP contribution is 2.18. The fourth-order valence-electron chi connectivity index (χ4n) is 1.43. The predicted molar refractivity (Wildman–Crippen MR) is 70.5 cm³/mol. The third-order valence-corrected chi connectivity index (χ3v) is 2.33. The predicted octanol–water partition coefficient (Wildman–Crippen LogP) is 1.87. The molecular formula is C12H15N5. The van der Waals surface area contributed by atoms with Crippen molar-refractivity contribution in [2.75, 3.05) is 30.0 Å². The van der Waals surface area contributed by atoms with Gasteiger partial charge in [-0.15, -0.1) is 0 Å². The molecule has 5 heteroatoms. The van der Waals surface area contributed by atoms with Crippen LogP contribution in [0, 0.1) is 0 Å². The van der Waals surface area contributed by atoms with Crippen molar-refractivity contribution in [3.8, 4) is 0 Å². The zero-order chi connectivity index (χ0) is 12.3. The molecular weight excluding hydrogens is 214 g/mol. The summed E-state index contributed by atoms with van der Waals surface area (Å²) in [6.45, 7) is 0. The number of nitrogens with two attached hydrogens (primary N) is 1. The van der Waals surface area contributed by atoms with E-state index in [0.717, 1.165) is 11.4 Å². The summed E-state index contributed by atoms with van der Waals surface area (Å²) >= 11 is 0. The lowest BCUT2D eigenvalue weighted by atomic mass is 10.2. The van der Waals surface area contributed by atoms with Crippen molar-refractivity contribution in [2.24, 2.45) is 0 Å². The van der Waals surface area contributed by atoms with Crippen LogP contribution in [0.25, 0.3) is 0 Å². The zero-order valence-corrected chi connectivity index (χ0v) is 9.88. The molecule has 2 aromatic rings. The van der Waals surface area contributed by atoms with Crippen molar-refractivity contribution in [3.05, 3.63) is 36.5 Å². The molecule has 0 aliphatic rings. The van der Waals surface area contributed by atoms with Gasteiger partial charge in [-0.1, -0.05) is 0 Å². The summed E-state index contributed by atoms with van der Waals surface area (Å²) in [6.07, 6.45) is 1.62. The maximum absolute atomic E-state index is 5.51. The minimum absolute atomic E-state index is 0.264. The van der Waals surface area contributed by atoms with Gasteiger partial charge in [-0.05, 0) is 30.3 Å². The van der Waals surface area contributed by atoms with E-state index in [4.69, 9.17) is 5.73 Å². The smallest absolute Gasteiger partial charge is 0.221 e. The molecule has 17 heavy (non-hydrogen) atoms. The second kappa shape index (κ2) is 4.69. The summed E-state index contributed by atoms with van der Waals surface area (Å²) in [5.41, 5.74) is 7.62. The molecule has 1 heterocycles. The number of benzene rings is 1. The lowest BCUT2D eigenvalue weighted by molar-refractivity contribution is 1.13. The summed E-state index contributed by atoms with van der Waals surface area (Å²) in [5.74, 6) is 0.954. The summed E-state index contributed by atoms with van der Waals surface area (Å²) in [5, 5.41) is 3.16. The minimum Gasteiger partial charge on any atom is -0.378 e. The molecule has 3 N–H and O–H groups in total. The Balaban J connectivity index is 2.14. The van der Waals surface area contributed by atoms with Crippen molar-refractivity contribution < 1.29 is 0 Å². The number of anilines is 4. The van der Waals surface area contributed by atoms with Gasteiger partial charge in [0.1, 0.15) is 5.82 Å². The lowest BCUT2D eigenvalue weighted by Gasteiger charge is -2.13. The van der Waals surface area contributed by atoms with Gasteiger partial charge < -0.3 is 16.0 Å². The van der Waals surface area contributed by atoms with E-state index in [1.54, 1.807) is 12.3 Å². The van der Waals surface area contributed by atoms with E-state index in [1.807, 2.05) is 43.3 Å². The second-order valence-electron chi connectivity index (χ2n) is 3.87. The highest BCUT2D eigenvalue weighted by molar-refractivity contribution is 5.60. The SMILES string of the molecule is CN(C)c1ccc(Nc2ccnc(N)n2)cc1. The fraction of sp³-hybridized carbons (Fsp3) is 0.167. The highest BCUT2D eigenvalue weighted by Gasteiger charge is 1.98. The Morgan fingerprint density at radius 2 is 1.82 bits per heavy atom. The van der Waals surface area contributed by atoms with E-state index in [2.05, 4.69) is 15.3 Å². The van der Waals surface area contributed by atoms with Crippen LogP contribution in [0.2, 0.25) is 0 Å². The maximum atomic E-state index is 5.51. The van der Waals surface area contributed by atoms with Crippen molar-refractivity contribution in [1.29, 1.82) is 0 Å². The molecule has 0 saturated heterocycles. The first-order valence-electron chi connectivity index (χ1n) is 5.28. The molecule has 2 rings (SSSR count). The number of hydrogen-bond acceptors (Lipinski definition) is 5. The quantitative estimate of drug-likeness (QED) is 0.841. The topological polar surface area (TPSA) is 67.1 Å². The van der Waals surface area contributed by atoms with Crippen molar-refractivity contribution >= 4 is 23.1 Å². The number of nitrogens with one attached hydrogen (secondary N) is 1. The summed E-state index contributed by atoms with van der Waals surface area (Å²) in [7, 11) is 4.01. The van der Waals surface area contributed by atoms with Crippen LogP contribution in [-0.2, 0) is 0 Å². The first-order valence-corrected chi connectivity index (χ1v) is 5.28. The first-order chi connectivity index (χ1) is 8.15. The van der Waals surface area contributed by atoms with E-state index in [-0.39, 0.29) is 5.95 Å². The lowest BCUT2D eigenvalue weighted by Crippen LogP contribution is -2.08. The standard InChI is InChI=1S/C12H15N5/c1-17(2)10-5-3-9(4-6-10)15-11-7-8-14-12(13)16-11/h3-8H,1-2H3,(H3,13,14,15,16). The monoisotopic (exact) mass is 229 g/mol. The Morgan fingerprint density at radius 1 is 1.12 bits per heavy atom. The number of hydrogen-bond donors (Lipinski definition) is 2. The number of nitrogens with zero attached hydrogens (tertiary/aromatic N) is 3. The van der Waals surface area contributed by atoms with Crippen LogP contribution in [-0.4, -0.2) is 24.1 Å². The van der Waals surface area contributed by atoms with Gasteiger partial charge >= 0.3 is 0 Å². The summed E-state index contributed by atoms with van der Waals surface area (Å²) in [4.78, 5) is 9.96. The maximum Gasteiger partial charge on any atom is 0.221 e. The van der Waals surface area contributed by atoms with Crippen LogP contribution >= 0.6 is 0 Å². The van der Waals surface area contributed by atoms with Crippen molar-refractivity contribution in [3.63, 3.8) is 0 Å². The summed E-state index contributed by atoms with van der Waals surface area (Å²) < 4.78 is 0. The third kappa shape index (κ3) is 2.84. The van der Waals surface area contributed by atoms with E-state index >= 15 is 0 Å². The molecule has 0 aliphatic heterocycles. The Morgan fingerprint density at radius 3 is 2.41 bits per heavy atom. The fourth-order valence-corrected chi connectivity index (χ4v) is 1.43. The molecule has 0 spiro atoms. The van der Waals surface area contributed by atoms with Crippen LogP contribution in [0.1, 0.15) is 0 Å². The van der Waals surface area contributed by atoms with Gasteiger partial charge in [0.05, 0.1) is 0 Å². The minimum atomic E-state index is 0.264. The molecule has 0 atom stereocenters. The van der Waals surface area contributed by atoms with E-state index < -0.39 is 0 Å². The molecule has 0 aliphatic carbocycles. The molecule has 5 nitrogen and oxygen atoms in total. The molecule has 0 radical (unpaired) electrons. The Labute approximate surface area is 100 Å². The average Bonchev–Trinajstić information content (AvgIpc) is 2.29. The van der Waals surface area contributed by atoms with Gasteiger partial charge in [0.25, 0.3) is 0 Å². The van der Waals surface area contributed by atoms with Gasteiger partial charge in [0, 0.05) is 31.7 Å². The molecule has 88 valence electrons. The van der Waals surface area contributed by atoms with Crippen LogP contribution in [0.4, 0.5) is 23.1 Å². The zero-order valence-electron chi connectivity index (χ0n) is 9.88. The van der Waals surface area contributed by atoms with Crippen LogP contribution in [0.5, 0.6) is 0 Å². The van der Waals surface area contributed by atoms with Gasteiger partial charge in [0.15, 0.2) is 0 Å². The Hall–Kier alpha value is -2.30. The molecule has 0 amide bonds. The first kappa shape index (κ1) is 11.2. The third-order valence-electron chi connectivity index (χ3n) is 2.33. The normalized spacial score (nSPS) is 10.0. The molecule has 0 unspecified atom stereocenters. The van der Waals surface area contributed by atoms with Crippen LogP contribution in [0.15, 0.2) is 36.5 Å². The van der Waals surface area contributed by atoms with Crippen LogP contribution in [0.3, 0.4) is 0 Å². The molecule has 1 aromatic heterocycles. The Kier molecular flexibility index (Phi) is 3.09. The number of nitrogen functional groups attached to an aromatic ring is 1. The summed E-state index contributed by atoms with van der Waals surface area (Å²) in [6, 6.07) is 9.83. The largest absolute Gasteiger partial charge is 0.378 e. The average molecular weight is 229 g/mol. The second-order valence-corrected chi connectivity index (χ2v) is 3.87. The number of aromatic nitrogens is 2. The van der Waals surface area contributed by atoms with Gasteiger partial charge in [0.2, 0.25) is 5.95 Å². The van der Waals surface area contributed by atoms with Crippen LogP contribution < -0.4 is 16.0 Å². The number of rotatable bonds is 3. The molecule has 0 fully saturated rings.